The molecular weight excluding hydrogens is 454 g/mol. The van der Waals surface area contributed by atoms with E-state index in [0.29, 0.717) is 33.8 Å². The van der Waals surface area contributed by atoms with Crippen LogP contribution in [-0.4, -0.2) is 45.4 Å². The molecule has 0 radical (unpaired) electrons. The molecule has 0 spiro atoms. The Morgan fingerprint density at radius 2 is 2.13 bits per heavy atom. The van der Waals surface area contributed by atoms with Crippen LogP contribution in [-0.2, 0) is 13.9 Å². The minimum Gasteiger partial charge on any atom is -0.489 e. The number of rotatable bonds is 5. The van der Waals surface area contributed by atoms with Crippen LogP contribution >= 0.6 is 19.4 Å². The highest BCUT2D eigenvalue weighted by atomic mass is 35.5. The summed E-state index contributed by atoms with van der Waals surface area (Å²) in [5, 5.41) is 3.44. The van der Waals surface area contributed by atoms with Crippen molar-refractivity contribution in [1.29, 1.82) is 0 Å². The third-order valence-corrected chi connectivity index (χ3v) is 5.18. The average Bonchev–Trinajstić information content (AvgIpc) is 2.73. The molecule has 1 aliphatic heterocycles. The lowest BCUT2D eigenvalue weighted by Gasteiger charge is -2.30. The molecule has 0 saturated heterocycles. The lowest BCUT2D eigenvalue weighted by atomic mass is 10.1. The SMILES string of the molecule is O=C(COP(=O)(O)O)N1CCOc2c1ccc1ncnc(Nc3ccc(F)c(Cl)c3)c21. The number of nitrogens with zero attached hydrogens (tertiary/aromatic N) is 3. The second-order valence-electron chi connectivity index (χ2n) is 6.44. The zero-order valence-electron chi connectivity index (χ0n) is 15.7. The van der Waals surface area contributed by atoms with E-state index in [9.17, 15) is 13.8 Å². The van der Waals surface area contributed by atoms with Gasteiger partial charge in [-0.25, -0.2) is 18.9 Å². The Bertz CT molecular complexity index is 1220. The number of halogens is 2. The summed E-state index contributed by atoms with van der Waals surface area (Å²) in [6.07, 6.45) is 1.34. The van der Waals surface area contributed by atoms with Crippen LogP contribution in [0.2, 0.25) is 5.02 Å². The number of phosphoric ester groups is 1. The molecule has 10 nitrogen and oxygen atoms in total. The number of ether oxygens (including phenoxy) is 1. The van der Waals surface area contributed by atoms with Gasteiger partial charge in [-0.15, -0.1) is 0 Å². The van der Waals surface area contributed by atoms with Gasteiger partial charge in [0.2, 0.25) is 0 Å². The number of aromatic nitrogens is 2. The van der Waals surface area contributed by atoms with Crippen molar-refractivity contribution in [3.05, 3.63) is 47.5 Å². The summed E-state index contributed by atoms with van der Waals surface area (Å²) >= 11 is 5.85. The van der Waals surface area contributed by atoms with Gasteiger partial charge in [-0.1, -0.05) is 11.6 Å². The average molecular weight is 469 g/mol. The summed E-state index contributed by atoms with van der Waals surface area (Å²) in [4.78, 5) is 39.9. The summed E-state index contributed by atoms with van der Waals surface area (Å²) < 4.78 is 34.5. The van der Waals surface area contributed by atoms with Crippen LogP contribution < -0.4 is 15.0 Å². The van der Waals surface area contributed by atoms with Crippen LogP contribution in [0.5, 0.6) is 5.75 Å². The molecule has 31 heavy (non-hydrogen) atoms. The zero-order valence-corrected chi connectivity index (χ0v) is 17.3. The van der Waals surface area contributed by atoms with E-state index < -0.39 is 26.2 Å². The molecular formula is C18H15ClFN4O6P. The molecule has 0 saturated carbocycles. The Balaban J connectivity index is 1.73. The molecule has 2 heterocycles. The Morgan fingerprint density at radius 3 is 2.87 bits per heavy atom. The number of hydrogen-bond acceptors (Lipinski definition) is 7. The van der Waals surface area contributed by atoms with Crippen molar-refractivity contribution in [2.24, 2.45) is 0 Å². The van der Waals surface area contributed by atoms with E-state index in [1.165, 1.54) is 29.4 Å². The summed E-state index contributed by atoms with van der Waals surface area (Å²) in [5.41, 5.74) is 1.36. The molecule has 4 rings (SSSR count). The van der Waals surface area contributed by atoms with Gasteiger partial charge in [0, 0.05) is 5.69 Å². The van der Waals surface area contributed by atoms with E-state index in [0.717, 1.165) is 0 Å². The molecule has 0 bridgehead atoms. The maximum absolute atomic E-state index is 13.5. The number of phosphoric acid groups is 1. The number of nitrogens with one attached hydrogen (secondary N) is 1. The van der Waals surface area contributed by atoms with E-state index in [1.807, 2.05) is 0 Å². The van der Waals surface area contributed by atoms with Gasteiger partial charge in [-0.05, 0) is 30.3 Å². The minimum absolute atomic E-state index is 0.0662. The molecule has 0 aliphatic carbocycles. The molecule has 0 atom stereocenters. The molecule has 13 heteroatoms. The predicted octanol–water partition coefficient (Wildman–Crippen LogP) is 3.00. The second kappa shape index (κ2) is 8.37. The number of carbonyl (C=O) groups excluding carboxylic acids is 1. The summed E-state index contributed by atoms with van der Waals surface area (Å²) in [7, 11) is -4.80. The Kier molecular flexibility index (Phi) is 5.78. The third kappa shape index (κ3) is 4.60. The molecule has 1 amide bonds. The lowest BCUT2D eigenvalue weighted by molar-refractivity contribution is -0.121. The molecule has 0 fully saturated rings. The van der Waals surface area contributed by atoms with Crippen molar-refractivity contribution in [3.63, 3.8) is 0 Å². The van der Waals surface area contributed by atoms with Crippen LogP contribution in [0.4, 0.5) is 21.6 Å². The fraction of sp³-hybridized carbons (Fsp3) is 0.167. The first-order valence-corrected chi connectivity index (χ1v) is 10.8. The van der Waals surface area contributed by atoms with Gasteiger partial charge in [0.15, 0.2) is 5.75 Å². The number of fused-ring (bicyclic) bond motifs is 3. The normalized spacial score (nSPS) is 13.6. The fourth-order valence-electron chi connectivity index (χ4n) is 3.11. The van der Waals surface area contributed by atoms with Crippen molar-refractivity contribution in [2.45, 2.75) is 0 Å². The highest BCUT2D eigenvalue weighted by Gasteiger charge is 2.28. The van der Waals surface area contributed by atoms with E-state index in [2.05, 4.69) is 19.8 Å². The van der Waals surface area contributed by atoms with Crippen molar-refractivity contribution >= 4 is 53.4 Å². The van der Waals surface area contributed by atoms with Crippen molar-refractivity contribution in [2.75, 3.05) is 30.0 Å². The van der Waals surface area contributed by atoms with Crippen LogP contribution in [0.3, 0.4) is 0 Å². The van der Waals surface area contributed by atoms with Crippen LogP contribution in [0.1, 0.15) is 0 Å². The topological polar surface area (TPSA) is 134 Å². The largest absolute Gasteiger partial charge is 0.489 e. The van der Waals surface area contributed by atoms with Crippen molar-refractivity contribution in [1.82, 2.24) is 9.97 Å². The Labute approximate surface area is 179 Å². The number of carbonyl (C=O) groups is 1. The number of amides is 1. The van der Waals surface area contributed by atoms with Gasteiger partial charge in [-0.2, -0.15) is 0 Å². The number of hydrogen-bond donors (Lipinski definition) is 3. The summed E-state index contributed by atoms with van der Waals surface area (Å²) in [6.45, 7) is -0.511. The maximum Gasteiger partial charge on any atom is 0.470 e. The smallest absolute Gasteiger partial charge is 0.470 e. The fourth-order valence-corrected chi connectivity index (χ4v) is 3.57. The highest BCUT2D eigenvalue weighted by Crippen LogP contribution is 2.42. The quantitative estimate of drug-likeness (QED) is 0.483. The van der Waals surface area contributed by atoms with E-state index in [-0.39, 0.29) is 18.2 Å². The first kappa shape index (κ1) is 21.4. The molecule has 1 aromatic heterocycles. The Morgan fingerprint density at radius 1 is 1.32 bits per heavy atom. The zero-order chi connectivity index (χ0) is 22.2. The number of anilines is 3. The van der Waals surface area contributed by atoms with E-state index >= 15 is 0 Å². The molecule has 3 aromatic rings. The van der Waals surface area contributed by atoms with E-state index in [4.69, 9.17) is 26.1 Å². The van der Waals surface area contributed by atoms with Crippen LogP contribution in [0, 0.1) is 5.82 Å². The number of benzene rings is 2. The molecule has 2 aromatic carbocycles. The summed E-state index contributed by atoms with van der Waals surface area (Å²) in [6, 6.07) is 7.35. The van der Waals surface area contributed by atoms with E-state index in [1.54, 1.807) is 12.1 Å². The second-order valence-corrected chi connectivity index (χ2v) is 8.09. The lowest BCUT2D eigenvalue weighted by Crippen LogP contribution is -2.40. The van der Waals surface area contributed by atoms with Gasteiger partial charge in [0.1, 0.15) is 31.2 Å². The standard InChI is InChI=1S/C18H15ClFN4O6P/c19-11-7-10(1-2-12(11)20)23-18-16-13(21-9-22-18)3-4-14-17(16)29-6-5-24(14)15(25)8-30-31(26,27)28/h1-4,7,9H,5-6,8H2,(H,21,22,23)(H2,26,27,28). The van der Waals surface area contributed by atoms with Gasteiger partial charge in [0.25, 0.3) is 5.91 Å². The van der Waals surface area contributed by atoms with Gasteiger partial charge >= 0.3 is 7.82 Å². The minimum atomic E-state index is -4.80. The molecule has 162 valence electrons. The first-order chi connectivity index (χ1) is 14.7. The molecule has 1 aliphatic rings. The van der Waals surface area contributed by atoms with Crippen LogP contribution in [0.25, 0.3) is 10.9 Å². The van der Waals surface area contributed by atoms with Gasteiger partial charge in [-0.3, -0.25) is 9.32 Å². The first-order valence-electron chi connectivity index (χ1n) is 8.86. The van der Waals surface area contributed by atoms with Gasteiger partial charge in [0.05, 0.1) is 28.2 Å². The Hall–Kier alpha value is -2.82. The molecule has 0 unspecified atom stereocenters. The molecule has 3 N–H and O–H groups in total. The highest BCUT2D eigenvalue weighted by molar-refractivity contribution is 7.46. The predicted molar refractivity (Wildman–Crippen MR) is 110 cm³/mol. The van der Waals surface area contributed by atoms with Crippen LogP contribution in [0.15, 0.2) is 36.7 Å². The summed E-state index contributed by atoms with van der Waals surface area (Å²) in [5.74, 6) is -0.564. The maximum atomic E-state index is 13.5. The van der Waals surface area contributed by atoms with Gasteiger partial charge < -0.3 is 24.7 Å². The van der Waals surface area contributed by atoms with Crippen molar-refractivity contribution < 1.29 is 32.8 Å². The monoisotopic (exact) mass is 468 g/mol. The third-order valence-electron chi connectivity index (χ3n) is 4.43. The van der Waals surface area contributed by atoms with Crippen molar-refractivity contribution in [3.8, 4) is 5.75 Å².